The molecular weight excluding hydrogens is 409 g/mol. The maximum absolute atomic E-state index is 11.9. The summed E-state index contributed by atoms with van der Waals surface area (Å²) in [6, 6.07) is 16.0. The molecule has 0 saturated carbocycles. The van der Waals surface area contributed by atoms with Gasteiger partial charge in [-0.1, -0.05) is 42.5 Å². The molecule has 0 heterocycles. The fourth-order valence-electron chi connectivity index (χ4n) is 2.06. The fourth-order valence-corrected chi connectivity index (χ4v) is 2.62. The van der Waals surface area contributed by atoms with E-state index in [-0.39, 0.29) is 13.0 Å². The molecule has 0 aliphatic heterocycles. The van der Waals surface area contributed by atoms with Gasteiger partial charge in [-0.2, -0.15) is 0 Å². The molecular formula is C17H16INO4. The van der Waals surface area contributed by atoms with Crippen molar-refractivity contribution in [3.63, 3.8) is 0 Å². The van der Waals surface area contributed by atoms with Gasteiger partial charge in [0.1, 0.15) is 6.61 Å². The van der Waals surface area contributed by atoms with Gasteiger partial charge in [-0.05, 0) is 45.9 Å². The minimum absolute atomic E-state index is 0.138. The molecule has 5 nitrogen and oxygen atoms in total. The minimum Gasteiger partial charge on any atom is -0.481 e. The zero-order chi connectivity index (χ0) is 16.7. The molecule has 1 amide bonds. The molecule has 6 heteroatoms. The molecule has 0 radical (unpaired) electrons. The third-order valence-electron chi connectivity index (χ3n) is 3.13. The molecule has 0 unspecified atom stereocenters. The lowest BCUT2D eigenvalue weighted by Gasteiger charge is -2.17. The summed E-state index contributed by atoms with van der Waals surface area (Å²) >= 11 is 2.14. The van der Waals surface area contributed by atoms with Crippen LogP contribution in [0.1, 0.15) is 23.6 Å². The van der Waals surface area contributed by atoms with E-state index in [1.807, 2.05) is 48.5 Å². The van der Waals surface area contributed by atoms with Crippen molar-refractivity contribution in [2.24, 2.45) is 0 Å². The normalized spacial score (nSPS) is 11.5. The minimum atomic E-state index is -0.989. The largest absolute Gasteiger partial charge is 0.481 e. The number of rotatable bonds is 6. The first kappa shape index (κ1) is 17.3. The number of carboxylic acids is 1. The van der Waals surface area contributed by atoms with Crippen LogP contribution in [0.2, 0.25) is 0 Å². The highest BCUT2D eigenvalue weighted by atomic mass is 127. The molecule has 2 N–H and O–H groups in total. The number of aliphatic carboxylic acids is 1. The first-order chi connectivity index (χ1) is 11.0. The van der Waals surface area contributed by atoms with Crippen molar-refractivity contribution in [1.29, 1.82) is 0 Å². The quantitative estimate of drug-likeness (QED) is 0.692. The number of hydrogen-bond acceptors (Lipinski definition) is 3. The predicted molar refractivity (Wildman–Crippen MR) is 93.9 cm³/mol. The van der Waals surface area contributed by atoms with Crippen molar-refractivity contribution in [2.75, 3.05) is 0 Å². The van der Waals surface area contributed by atoms with Gasteiger partial charge in [-0.3, -0.25) is 4.79 Å². The number of ether oxygens (including phenoxy) is 1. The molecule has 2 rings (SSSR count). The summed E-state index contributed by atoms with van der Waals surface area (Å²) in [7, 11) is 0. The van der Waals surface area contributed by atoms with Crippen LogP contribution >= 0.6 is 22.6 Å². The average Bonchev–Trinajstić information content (AvgIpc) is 2.53. The van der Waals surface area contributed by atoms with Crippen molar-refractivity contribution >= 4 is 34.7 Å². The second-order valence-electron chi connectivity index (χ2n) is 4.91. The van der Waals surface area contributed by atoms with Crippen LogP contribution in [0.15, 0.2) is 54.6 Å². The van der Waals surface area contributed by atoms with Crippen molar-refractivity contribution < 1.29 is 19.4 Å². The van der Waals surface area contributed by atoms with Gasteiger partial charge in [-0.25, -0.2) is 4.79 Å². The van der Waals surface area contributed by atoms with Crippen LogP contribution in [-0.2, 0) is 16.1 Å². The van der Waals surface area contributed by atoms with Crippen molar-refractivity contribution in [3.05, 3.63) is 69.3 Å². The molecule has 0 fully saturated rings. The van der Waals surface area contributed by atoms with Crippen LogP contribution in [-0.4, -0.2) is 17.2 Å². The van der Waals surface area contributed by atoms with Crippen molar-refractivity contribution in [3.8, 4) is 0 Å². The monoisotopic (exact) mass is 425 g/mol. The first-order valence-electron chi connectivity index (χ1n) is 6.99. The number of halogens is 1. The van der Waals surface area contributed by atoms with Crippen LogP contribution in [0.25, 0.3) is 0 Å². The topological polar surface area (TPSA) is 75.6 Å². The lowest BCUT2D eigenvalue weighted by atomic mass is 10.0. The molecule has 0 aromatic heterocycles. The molecule has 0 spiro atoms. The Morgan fingerprint density at radius 2 is 1.87 bits per heavy atom. The summed E-state index contributed by atoms with van der Waals surface area (Å²) in [5, 5.41) is 11.7. The number of carboxylic acid groups (broad SMARTS) is 1. The van der Waals surface area contributed by atoms with E-state index in [4.69, 9.17) is 9.84 Å². The van der Waals surface area contributed by atoms with Crippen molar-refractivity contribution in [2.45, 2.75) is 19.1 Å². The number of carbonyl (C=O) groups excluding carboxylic acids is 1. The zero-order valence-corrected chi connectivity index (χ0v) is 14.4. The lowest BCUT2D eigenvalue weighted by Crippen LogP contribution is -2.30. The fraction of sp³-hybridized carbons (Fsp3) is 0.176. The van der Waals surface area contributed by atoms with Gasteiger partial charge in [0.05, 0.1) is 12.5 Å². The molecule has 120 valence electrons. The van der Waals surface area contributed by atoms with E-state index in [0.29, 0.717) is 0 Å². The maximum atomic E-state index is 11.9. The van der Waals surface area contributed by atoms with Gasteiger partial charge in [0.2, 0.25) is 0 Å². The molecule has 2 aromatic carbocycles. The summed E-state index contributed by atoms with van der Waals surface area (Å²) in [4.78, 5) is 23.0. The summed E-state index contributed by atoms with van der Waals surface area (Å²) < 4.78 is 6.11. The van der Waals surface area contributed by atoms with E-state index in [1.165, 1.54) is 0 Å². The van der Waals surface area contributed by atoms with E-state index < -0.39 is 18.1 Å². The van der Waals surface area contributed by atoms with Crippen molar-refractivity contribution in [1.82, 2.24) is 5.32 Å². The number of amides is 1. The first-order valence-corrected chi connectivity index (χ1v) is 8.07. The molecule has 0 aliphatic carbocycles. The Hall–Kier alpha value is -2.09. The number of hydrogen-bond donors (Lipinski definition) is 2. The van der Waals surface area contributed by atoms with Crippen LogP contribution < -0.4 is 5.32 Å². The number of nitrogens with one attached hydrogen (secondary N) is 1. The van der Waals surface area contributed by atoms with Gasteiger partial charge in [-0.15, -0.1) is 0 Å². The van der Waals surface area contributed by atoms with E-state index >= 15 is 0 Å². The van der Waals surface area contributed by atoms with Gasteiger partial charge in [0.25, 0.3) is 0 Å². The van der Waals surface area contributed by atoms with E-state index in [9.17, 15) is 9.59 Å². The molecule has 0 saturated heterocycles. The van der Waals surface area contributed by atoms with Gasteiger partial charge in [0, 0.05) is 3.57 Å². The Labute approximate surface area is 147 Å². The van der Waals surface area contributed by atoms with E-state index in [1.54, 1.807) is 6.07 Å². The van der Waals surface area contributed by atoms with Gasteiger partial charge in [0.15, 0.2) is 0 Å². The third kappa shape index (κ3) is 5.90. The summed E-state index contributed by atoms with van der Waals surface area (Å²) in [5.41, 5.74) is 1.60. The number of alkyl carbamates (subject to hydrolysis) is 1. The smallest absolute Gasteiger partial charge is 0.407 e. The summed E-state index contributed by atoms with van der Waals surface area (Å²) in [5.74, 6) is -0.989. The highest BCUT2D eigenvalue weighted by Gasteiger charge is 2.19. The molecule has 23 heavy (non-hydrogen) atoms. The van der Waals surface area contributed by atoms with Crippen LogP contribution in [0, 0.1) is 3.57 Å². The Balaban J connectivity index is 1.99. The number of benzene rings is 2. The maximum Gasteiger partial charge on any atom is 0.407 e. The summed E-state index contributed by atoms with van der Waals surface area (Å²) in [6.07, 6.45) is -0.848. The van der Waals surface area contributed by atoms with E-state index in [0.717, 1.165) is 14.7 Å². The highest BCUT2D eigenvalue weighted by Crippen LogP contribution is 2.19. The second kappa shape index (κ2) is 8.52. The summed E-state index contributed by atoms with van der Waals surface area (Å²) in [6.45, 7) is 0.138. The average molecular weight is 425 g/mol. The Bertz CT molecular complexity index is 675. The zero-order valence-electron chi connectivity index (χ0n) is 12.2. The van der Waals surface area contributed by atoms with Gasteiger partial charge >= 0.3 is 12.1 Å². The lowest BCUT2D eigenvalue weighted by molar-refractivity contribution is -0.137. The second-order valence-corrected chi connectivity index (χ2v) is 6.16. The van der Waals surface area contributed by atoms with E-state index in [2.05, 4.69) is 27.9 Å². The van der Waals surface area contributed by atoms with Crippen LogP contribution in [0.4, 0.5) is 4.79 Å². The Morgan fingerprint density at radius 1 is 1.13 bits per heavy atom. The Kier molecular flexibility index (Phi) is 6.40. The number of carbonyl (C=O) groups is 2. The molecule has 0 bridgehead atoms. The molecule has 0 aliphatic rings. The standard InChI is InChI=1S/C17H16INO4/c18-14-8-4-7-13(9-14)15(10-16(20)21)19-17(22)23-11-12-5-2-1-3-6-12/h1-9,15H,10-11H2,(H,19,22)(H,20,21)/t15-/m1/s1. The predicted octanol–water partition coefficient (Wildman–Crippen LogP) is 3.73. The Morgan fingerprint density at radius 3 is 2.52 bits per heavy atom. The van der Waals surface area contributed by atoms with Crippen LogP contribution in [0.5, 0.6) is 0 Å². The SMILES string of the molecule is O=C(O)C[C@@H](NC(=O)OCc1ccccc1)c1cccc(I)c1. The van der Waals surface area contributed by atoms with Gasteiger partial charge < -0.3 is 15.2 Å². The third-order valence-corrected chi connectivity index (χ3v) is 3.81. The molecule has 1 atom stereocenters. The highest BCUT2D eigenvalue weighted by molar-refractivity contribution is 14.1. The van der Waals surface area contributed by atoms with Crippen LogP contribution in [0.3, 0.4) is 0 Å². The molecule has 2 aromatic rings.